The number of anilines is 1. The number of halogens is 1. The van der Waals surface area contributed by atoms with Gasteiger partial charge in [-0.05, 0) is 82.5 Å². The smallest absolute Gasteiger partial charge is 0.410 e. The minimum Gasteiger partial charge on any atom is -0.478 e. The number of esters is 2. The standard InChI is InChI=1S/C21H28FN5O2.C20H18O8/c1-20(2,3)29-19(28)27-11-9-26(10-12-27)18-24-13-16(14-25-18)21(4,23)15-5-7-17(22)8-6-15;1-11-7-3-5-9-13(11)19(25)27-15(17(21)22)16(18(23)24)28-20(26)14-10-6-4-8-12(14)2/h5-8,13-14H,9-12,23H2,1-4H3;3-10,15-16H,1-2H3,(H,21,22)(H,23,24)/t21-;15-,16-/m00/s1. The summed E-state index contributed by atoms with van der Waals surface area (Å²) < 4.78 is 28.4. The Morgan fingerprint density at radius 3 is 1.54 bits per heavy atom. The number of aromatic nitrogens is 2. The van der Waals surface area contributed by atoms with Crippen molar-refractivity contribution in [2.75, 3.05) is 31.1 Å². The molecule has 4 N–H and O–H groups in total. The number of carboxylic acid groups (broad SMARTS) is 2. The molecule has 0 spiro atoms. The highest BCUT2D eigenvalue weighted by molar-refractivity contribution is 5.96. The third-order valence-electron chi connectivity index (χ3n) is 8.86. The molecule has 302 valence electrons. The van der Waals surface area contributed by atoms with E-state index in [4.69, 9.17) is 19.9 Å². The van der Waals surface area contributed by atoms with E-state index >= 15 is 0 Å². The molecule has 1 saturated heterocycles. The van der Waals surface area contributed by atoms with Gasteiger partial charge in [0.15, 0.2) is 0 Å². The van der Waals surface area contributed by atoms with Crippen LogP contribution in [0.3, 0.4) is 0 Å². The number of carbonyl (C=O) groups is 5. The topological polar surface area (TPSA) is 212 Å². The molecule has 0 radical (unpaired) electrons. The van der Waals surface area contributed by atoms with Crippen LogP contribution < -0.4 is 10.6 Å². The van der Waals surface area contributed by atoms with Crippen molar-refractivity contribution in [3.63, 3.8) is 0 Å². The SMILES string of the molecule is CC(C)(C)OC(=O)N1CCN(c2ncc([C@@](C)(N)c3ccc(F)cc3)cn2)CC1.Cc1ccccc1C(=O)O[C@H](C(=O)O)[C@H](OC(=O)c1ccccc1C)C(=O)O. The number of hydrogen-bond donors (Lipinski definition) is 3. The molecule has 0 saturated carbocycles. The normalized spacial score (nSPS) is 14.8. The highest BCUT2D eigenvalue weighted by Gasteiger charge is 2.41. The van der Waals surface area contributed by atoms with Gasteiger partial charge in [-0.25, -0.2) is 38.3 Å². The number of piperazine rings is 1. The summed E-state index contributed by atoms with van der Waals surface area (Å²) in [6.45, 7) is 13.0. The Morgan fingerprint density at radius 1 is 0.702 bits per heavy atom. The van der Waals surface area contributed by atoms with Crippen LogP contribution >= 0.6 is 0 Å². The molecule has 4 aromatic rings. The lowest BCUT2D eigenvalue weighted by Gasteiger charge is -2.35. The molecule has 1 aliphatic heterocycles. The molecule has 3 atom stereocenters. The number of benzene rings is 3. The summed E-state index contributed by atoms with van der Waals surface area (Å²) in [6.07, 6.45) is -1.35. The number of aliphatic carboxylic acids is 2. The van der Waals surface area contributed by atoms with Gasteiger partial charge in [-0.2, -0.15) is 0 Å². The van der Waals surface area contributed by atoms with Crippen molar-refractivity contribution in [1.29, 1.82) is 0 Å². The van der Waals surface area contributed by atoms with Crippen LogP contribution in [-0.4, -0.2) is 99.0 Å². The number of nitrogens with zero attached hydrogens (tertiary/aromatic N) is 4. The highest BCUT2D eigenvalue weighted by Crippen LogP contribution is 2.27. The van der Waals surface area contributed by atoms with Crippen molar-refractivity contribution in [1.82, 2.24) is 14.9 Å². The summed E-state index contributed by atoms with van der Waals surface area (Å²) in [6, 6.07) is 18.6. The van der Waals surface area contributed by atoms with E-state index < -0.39 is 47.2 Å². The van der Waals surface area contributed by atoms with Gasteiger partial charge in [-0.1, -0.05) is 48.5 Å². The summed E-state index contributed by atoms with van der Waals surface area (Å²) >= 11 is 0. The van der Waals surface area contributed by atoms with Crippen LogP contribution in [0.25, 0.3) is 0 Å². The zero-order valence-electron chi connectivity index (χ0n) is 32.5. The summed E-state index contributed by atoms with van der Waals surface area (Å²) in [5, 5.41) is 18.7. The maximum atomic E-state index is 13.2. The first-order valence-electron chi connectivity index (χ1n) is 17.9. The minimum atomic E-state index is -2.22. The maximum absolute atomic E-state index is 13.2. The Bertz CT molecular complexity index is 1990. The third kappa shape index (κ3) is 11.5. The van der Waals surface area contributed by atoms with Gasteiger partial charge in [-0.15, -0.1) is 0 Å². The van der Waals surface area contributed by atoms with Gasteiger partial charge in [-0.3, -0.25) is 0 Å². The molecule has 5 rings (SSSR count). The maximum Gasteiger partial charge on any atom is 0.410 e. The summed E-state index contributed by atoms with van der Waals surface area (Å²) in [5.41, 5.74) is 7.82. The second kappa shape index (κ2) is 18.5. The average Bonchev–Trinajstić information content (AvgIpc) is 3.16. The Morgan fingerprint density at radius 2 is 1.14 bits per heavy atom. The molecule has 2 heterocycles. The van der Waals surface area contributed by atoms with Gasteiger partial charge in [0.1, 0.15) is 11.4 Å². The van der Waals surface area contributed by atoms with Gasteiger partial charge < -0.3 is 40.0 Å². The zero-order chi connectivity index (χ0) is 42.1. The first kappa shape index (κ1) is 43.3. The van der Waals surface area contributed by atoms with Crippen LogP contribution in [0.4, 0.5) is 15.1 Å². The van der Waals surface area contributed by atoms with Crippen LogP contribution in [0.5, 0.6) is 0 Å². The number of hydrogen-bond acceptors (Lipinski definition) is 12. The van der Waals surface area contributed by atoms with E-state index in [0.717, 1.165) is 11.1 Å². The Labute approximate surface area is 329 Å². The average molecular weight is 788 g/mol. The number of nitrogens with two attached hydrogens (primary N) is 1. The largest absolute Gasteiger partial charge is 0.478 e. The quantitative estimate of drug-likeness (QED) is 0.141. The first-order chi connectivity index (χ1) is 26.8. The summed E-state index contributed by atoms with van der Waals surface area (Å²) in [4.78, 5) is 72.5. The van der Waals surface area contributed by atoms with Crippen molar-refractivity contribution in [3.05, 3.63) is 124 Å². The molecule has 0 aliphatic carbocycles. The van der Waals surface area contributed by atoms with Gasteiger partial charge in [0, 0.05) is 44.1 Å². The minimum absolute atomic E-state index is 0.0723. The number of ether oxygens (including phenoxy) is 3. The zero-order valence-corrected chi connectivity index (χ0v) is 32.5. The van der Waals surface area contributed by atoms with E-state index in [0.29, 0.717) is 43.3 Å². The third-order valence-corrected chi connectivity index (χ3v) is 8.86. The Balaban J connectivity index is 0.000000253. The second-order valence-electron chi connectivity index (χ2n) is 14.4. The number of rotatable bonds is 10. The fraction of sp³-hybridized carbons (Fsp3) is 0.341. The van der Waals surface area contributed by atoms with Crippen LogP contribution in [0, 0.1) is 19.7 Å². The fourth-order valence-electron chi connectivity index (χ4n) is 5.58. The molecule has 1 amide bonds. The predicted molar refractivity (Wildman–Crippen MR) is 205 cm³/mol. The molecule has 0 unspecified atom stereocenters. The lowest BCUT2D eigenvalue weighted by molar-refractivity contribution is -0.166. The number of carbonyl (C=O) groups excluding carboxylic acids is 3. The van der Waals surface area contributed by atoms with E-state index in [2.05, 4.69) is 9.97 Å². The van der Waals surface area contributed by atoms with Crippen molar-refractivity contribution in [2.45, 2.75) is 64.9 Å². The van der Waals surface area contributed by atoms with Gasteiger partial charge in [0.2, 0.25) is 18.2 Å². The Hall–Kier alpha value is -6.42. The molecule has 0 bridgehead atoms. The molecule has 16 heteroatoms. The lowest BCUT2D eigenvalue weighted by atomic mass is 9.87. The second-order valence-corrected chi connectivity index (χ2v) is 14.4. The molecule has 3 aromatic carbocycles. The van der Waals surface area contributed by atoms with Crippen molar-refractivity contribution < 1.29 is 52.8 Å². The van der Waals surface area contributed by atoms with Crippen LogP contribution in [-0.2, 0) is 29.3 Å². The van der Waals surface area contributed by atoms with E-state index in [1.54, 1.807) is 79.7 Å². The monoisotopic (exact) mass is 787 g/mol. The summed E-state index contributed by atoms with van der Waals surface area (Å²) in [5.74, 6) is -5.31. The van der Waals surface area contributed by atoms with Crippen molar-refractivity contribution in [3.8, 4) is 0 Å². The number of carboxylic acids is 2. The van der Waals surface area contributed by atoms with Crippen molar-refractivity contribution >= 4 is 35.9 Å². The van der Waals surface area contributed by atoms with E-state index in [-0.39, 0.29) is 23.0 Å². The fourth-order valence-corrected chi connectivity index (χ4v) is 5.58. The van der Waals surface area contributed by atoms with Gasteiger partial charge in [0.25, 0.3) is 0 Å². The van der Waals surface area contributed by atoms with Gasteiger partial charge >= 0.3 is 30.0 Å². The summed E-state index contributed by atoms with van der Waals surface area (Å²) in [7, 11) is 0. The Kier molecular flexibility index (Phi) is 14.0. The predicted octanol–water partition coefficient (Wildman–Crippen LogP) is 5.12. The molecular formula is C41H46FN5O10. The molecule has 1 fully saturated rings. The van der Waals surface area contributed by atoms with Crippen LogP contribution in [0.1, 0.15) is 70.7 Å². The van der Waals surface area contributed by atoms with Crippen molar-refractivity contribution in [2.24, 2.45) is 5.73 Å². The lowest BCUT2D eigenvalue weighted by Crippen LogP contribution is -2.50. The molecule has 15 nitrogen and oxygen atoms in total. The molecule has 1 aromatic heterocycles. The van der Waals surface area contributed by atoms with E-state index in [1.165, 1.54) is 24.3 Å². The molecular weight excluding hydrogens is 741 g/mol. The molecule has 1 aliphatic rings. The van der Waals surface area contributed by atoms with E-state index in [1.807, 2.05) is 32.6 Å². The van der Waals surface area contributed by atoms with E-state index in [9.17, 15) is 38.6 Å². The first-order valence-corrected chi connectivity index (χ1v) is 17.9. The number of amides is 1. The van der Waals surface area contributed by atoms with Gasteiger partial charge in [0.05, 0.1) is 16.7 Å². The van der Waals surface area contributed by atoms with Crippen LogP contribution in [0.15, 0.2) is 85.2 Å². The van der Waals surface area contributed by atoms with Crippen LogP contribution in [0.2, 0.25) is 0 Å². The number of aryl methyl sites for hydroxylation is 2. The molecule has 57 heavy (non-hydrogen) atoms. The highest BCUT2D eigenvalue weighted by atomic mass is 19.1.